The smallest absolute Gasteiger partial charge is 0.251 e. The van der Waals surface area contributed by atoms with Crippen LogP contribution in [0.25, 0.3) is 0 Å². The van der Waals surface area contributed by atoms with Gasteiger partial charge in [-0.1, -0.05) is 19.9 Å². The molecular formula is C18H27N3O4S. The van der Waals surface area contributed by atoms with E-state index in [4.69, 9.17) is 0 Å². The lowest BCUT2D eigenvalue weighted by molar-refractivity contribution is -0.127. The summed E-state index contributed by atoms with van der Waals surface area (Å²) in [6, 6.07) is 5.84. The van der Waals surface area contributed by atoms with Crippen LogP contribution in [-0.2, 0) is 14.8 Å². The van der Waals surface area contributed by atoms with Crippen molar-refractivity contribution < 1.29 is 18.0 Å². The van der Waals surface area contributed by atoms with Gasteiger partial charge in [0.25, 0.3) is 5.91 Å². The van der Waals surface area contributed by atoms with Gasteiger partial charge in [0.1, 0.15) is 0 Å². The maximum atomic E-state index is 12.6. The molecule has 0 spiro atoms. The average molecular weight is 381 g/mol. The van der Waals surface area contributed by atoms with Crippen LogP contribution in [0.1, 0.15) is 44.0 Å². The van der Waals surface area contributed by atoms with E-state index in [0.29, 0.717) is 26.1 Å². The molecule has 0 saturated carbocycles. The molecule has 26 heavy (non-hydrogen) atoms. The minimum Gasteiger partial charge on any atom is -0.348 e. The summed E-state index contributed by atoms with van der Waals surface area (Å²) in [5.41, 5.74) is 0.290. The molecule has 1 aromatic rings. The first-order valence-electron chi connectivity index (χ1n) is 8.98. The third-order valence-corrected chi connectivity index (χ3v) is 6.53. The van der Waals surface area contributed by atoms with Gasteiger partial charge in [-0.05, 0) is 31.5 Å². The Morgan fingerprint density at radius 1 is 1.31 bits per heavy atom. The van der Waals surface area contributed by atoms with E-state index in [9.17, 15) is 18.0 Å². The molecule has 2 rings (SSSR count). The number of benzene rings is 1. The summed E-state index contributed by atoms with van der Waals surface area (Å²) in [6.07, 6.45) is 1.41. The average Bonchev–Trinajstić information content (AvgIpc) is 3.00. The van der Waals surface area contributed by atoms with E-state index in [1.54, 1.807) is 30.9 Å². The second-order valence-electron chi connectivity index (χ2n) is 6.43. The highest BCUT2D eigenvalue weighted by Gasteiger charge is 2.24. The van der Waals surface area contributed by atoms with Gasteiger partial charge in [-0.2, -0.15) is 4.31 Å². The van der Waals surface area contributed by atoms with Gasteiger partial charge in [0.2, 0.25) is 15.9 Å². The van der Waals surface area contributed by atoms with Gasteiger partial charge in [0.05, 0.1) is 4.90 Å². The first-order valence-corrected chi connectivity index (χ1v) is 10.4. The Kier molecular flexibility index (Phi) is 6.77. The lowest BCUT2D eigenvalue weighted by atomic mass is 10.2. The number of hydrogen-bond acceptors (Lipinski definition) is 4. The van der Waals surface area contributed by atoms with E-state index < -0.39 is 10.0 Å². The van der Waals surface area contributed by atoms with Gasteiger partial charge in [0, 0.05) is 44.2 Å². The second-order valence-corrected chi connectivity index (χ2v) is 8.37. The molecule has 1 fully saturated rings. The van der Waals surface area contributed by atoms with Gasteiger partial charge in [-0.25, -0.2) is 8.42 Å². The first kappa shape index (κ1) is 20.4. The summed E-state index contributed by atoms with van der Waals surface area (Å²) < 4.78 is 26.6. The first-order chi connectivity index (χ1) is 12.3. The summed E-state index contributed by atoms with van der Waals surface area (Å²) in [5.74, 6) is -0.237. The Morgan fingerprint density at radius 3 is 2.58 bits per heavy atom. The zero-order valence-electron chi connectivity index (χ0n) is 15.6. The fourth-order valence-corrected chi connectivity index (χ4v) is 4.60. The van der Waals surface area contributed by atoms with E-state index in [-0.39, 0.29) is 28.3 Å². The molecule has 2 amide bonds. The van der Waals surface area contributed by atoms with Gasteiger partial charge in [-0.3, -0.25) is 9.59 Å². The van der Waals surface area contributed by atoms with Gasteiger partial charge >= 0.3 is 0 Å². The molecule has 1 N–H and O–H groups in total. The number of nitrogens with zero attached hydrogens (tertiary/aromatic N) is 2. The highest BCUT2D eigenvalue weighted by Crippen LogP contribution is 2.17. The van der Waals surface area contributed by atoms with Gasteiger partial charge in [0.15, 0.2) is 0 Å². The molecule has 0 radical (unpaired) electrons. The molecule has 1 heterocycles. The number of nitrogens with one attached hydrogen (secondary N) is 1. The van der Waals surface area contributed by atoms with Crippen LogP contribution in [0.5, 0.6) is 0 Å². The molecule has 1 aliphatic heterocycles. The Bertz CT molecular complexity index is 759. The minimum absolute atomic E-state index is 0.108. The maximum absolute atomic E-state index is 12.6. The van der Waals surface area contributed by atoms with Crippen molar-refractivity contribution in [1.82, 2.24) is 14.5 Å². The fraction of sp³-hybridized carbons (Fsp3) is 0.556. The SMILES string of the molecule is CCN(CC)S(=O)(=O)c1cccc(C(=O)NC(C)CN2CCCC2=O)c1. The molecule has 144 valence electrons. The number of amides is 2. The summed E-state index contributed by atoms with van der Waals surface area (Å²) in [5, 5.41) is 2.84. The van der Waals surface area contributed by atoms with E-state index in [0.717, 1.165) is 13.0 Å². The standard InChI is InChI=1S/C18H27N3O4S/c1-4-21(5-2)26(24,25)16-9-6-8-15(12-16)18(23)19-14(3)13-20-11-7-10-17(20)22/h6,8-9,12,14H,4-5,7,10-11,13H2,1-3H3,(H,19,23). The van der Waals surface area contributed by atoms with E-state index >= 15 is 0 Å². The predicted octanol–water partition coefficient (Wildman–Crippen LogP) is 1.46. The number of carbonyl (C=O) groups excluding carboxylic acids is 2. The zero-order chi connectivity index (χ0) is 19.3. The normalized spacial score (nSPS) is 16.2. The second kappa shape index (κ2) is 8.64. The van der Waals surface area contributed by atoms with Crippen LogP contribution in [-0.4, -0.2) is 61.7 Å². The van der Waals surface area contributed by atoms with Crippen molar-refractivity contribution >= 4 is 21.8 Å². The maximum Gasteiger partial charge on any atom is 0.251 e. The van der Waals surface area contributed by atoms with E-state index in [2.05, 4.69) is 5.32 Å². The Labute approximate surface area is 155 Å². The van der Waals surface area contributed by atoms with E-state index in [1.165, 1.54) is 16.4 Å². The Morgan fingerprint density at radius 2 is 2.00 bits per heavy atom. The summed E-state index contributed by atoms with van der Waals surface area (Å²) >= 11 is 0. The van der Waals surface area contributed by atoms with Gasteiger partial charge in [-0.15, -0.1) is 0 Å². The molecule has 0 bridgehead atoms. The Hall–Kier alpha value is -1.93. The monoisotopic (exact) mass is 381 g/mol. The lowest BCUT2D eigenvalue weighted by Crippen LogP contribution is -2.42. The topological polar surface area (TPSA) is 86.8 Å². The van der Waals surface area contributed by atoms with Crippen LogP contribution in [0, 0.1) is 0 Å². The fourth-order valence-electron chi connectivity index (χ4n) is 3.09. The number of carbonyl (C=O) groups is 2. The third kappa shape index (κ3) is 4.62. The zero-order valence-corrected chi connectivity index (χ0v) is 16.4. The van der Waals surface area contributed by atoms with Crippen molar-refractivity contribution in [3.63, 3.8) is 0 Å². The van der Waals surface area contributed by atoms with Gasteiger partial charge < -0.3 is 10.2 Å². The van der Waals surface area contributed by atoms with Crippen molar-refractivity contribution in [2.75, 3.05) is 26.2 Å². The Balaban J connectivity index is 2.09. The van der Waals surface area contributed by atoms with E-state index in [1.807, 2.05) is 6.92 Å². The number of hydrogen-bond donors (Lipinski definition) is 1. The number of likely N-dealkylation sites (tertiary alicyclic amines) is 1. The molecule has 1 aliphatic rings. The molecule has 1 aromatic carbocycles. The number of sulfonamides is 1. The van der Waals surface area contributed by atoms with Crippen molar-refractivity contribution in [3.8, 4) is 0 Å². The third-order valence-electron chi connectivity index (χ3n) is 4.48. The van der Waals surface area contributed by atoms with Crippen molar-refractivity contribution in [1.29, 1.82) is 0 Å². The summed E-state index contributed by atoms with van der Waals surface area (Å²) in [6.45, 7) is 7.31. The molecule has 8 heteroatoms. The van der Waals surface area contributed by atoms with Crippen molar-refractivity contribution in [2.45, 2.75) is 44.6 Å². The molecule has 1 unspecified atom stereocenters. The summed E-state index contributed by atoms with van der Waals surface area (Å²) in [4.78, 5) is 26.0. The van der Waals surface area contributed by atoms with Crippen molar-refractivity contribution in [3.05, 3.63) is 29.8 Å². The van der Waals surface area contributed by atoms with Crippen LogP contribution < -0.4 is 5.32 Å². The van der Waals surface area contributed by atoms with Crippen LogP contribution in [0.3, 0.4) is 0 Å². The molecule has 0 aliphatic carbocycles. The molecule has 1 saturated heterocycles. The molecular weight excluding hydrogens is 354 g/mol. The largest absolute Gasteiger partial charge is 0.348 e. The van der Waals surface area contributed by atoms with Crippen LogP contribution in [0.15, 0.2) is 29.2 Å². The minimum atomic E-state index is -3.61. The van der Waals surface area contributed by atoms with Crippen LogP contribution in [0.2, 0.25) is 0 Å². The highest BCUT2D eigenvalue weighted by atomic mass is 32.2. The predicted molar refractivity (Wildman–Crippen MR) is 99.3 cm³/mol. The highest BCUT2D eigenvalue weighted by molar-refractivity contribution is 7.89. The number of rotatable bonds is 8. The van der Waals surface area contributed by atoms with Crippen LogP contribution in [0.4, 0.5) is 0 Å². The molecule has 7 nitrogen and oxygen atoms in total. The molecule has 0 aromatic heterocycles. The summed E-state index contributed by atoms with van der Waals surface area (Å²) in [7, 11) is -3.61. The quantitative estimate of drug-likeness (QED) is 0.738. The molecule has 1 atom stereocenters. The van der Waals surface area contributed by atoms with Crippen LogP contribution >= 0.6 is 0 Å². The lowest BCUT2D eigenvalue weighted by Gasteiger charge is -2.22. The van der Waals surface area contributed by atoms with Crippen molar-refractivity contribution in [2.24, 2.45) is 0 Å².